The largest absolute Gasteiger partial charge is 0.494 e. The Kier molecular flexibility index (Phi) is 10.8. The number of esters is 1. The van der Waals surface area contributed by atoms with Crippen LogP contribution in [0.2, 0.25) is 0 Å². The number of hydrogen-bond acceptors (Lipinski definition) is 4. The van der Waals surface area contributed by atoms with Gasteiger partial charge in [0.15, 0.2) is 0 Å². The smallest absolute Gasteiger partial charge is 0.460 e. The van der Waals surface area contributed by atoms with Crippen molar-refractivity contribution in [3.05, 3.63) is 54.1 Å². The molecule has 0 aliphatic heterocycles. The van der Waals surface area contributed by atoms with Gasteiger partial charge < -0.3 is 9.47 Å². The van der Waals surface area contributed by atoms with Gasteiger partial charge in [-0.25, -0.2) is 4.79 Å². The fraction of sp³-hybridized carbons (Fsp3) is 0.480. The molecule has 0 heterocycles. The standard InChI is InChI=1S/C25H21F13O3S/c1-2-3-13-40-16-6-4-15(5-7-16)19(39)41-17-8-10-18(11-9-17)42-14-12-20(26,27)21(28,29)22(30,31)23(32,33)24(34,35)25(36,37)38/h4-11H,2-3,12-14H2,1H3. The first-order valence-electron chi connectivity index (χ1n) is 11.8. The molecule has 0 saturated heterocycles. The zero-order valence-electron chi connectivity index (χ0n) is 21.2. The van der Waals surface area contributed by atoms with Crippen LogP contribution in [0, 0.1) is 0 Å². The van der Waals surface area contributed by atoms with Gasteiger partial charge in [-0.1, -0.05) is 13.3 Å². The van der Waals surface area contributed by atoms with Gasteiger partial charge in [0.2, 0.25) is 0 Å². The fourth-order valence-electron chi connectivity index (χ4n) is 3.05. The number of ether oxygens (including phenoxy) is 2. The quantitative estimate of drug-likeness (QED) is 0.0673. The molecule has 0 atom stereocenters. The SMILES string of the molecule is CCCCOc1ccc(C(=O)Oc2ccc(SCCC(F)(F)C(F)(F)C(F)(F)C(F)(F)C(F)(F)C(F)(F)F)cc2)cc1. The number of halogens is 13. The zero-order chi connectivity index (χ0) is 32.2. The van der Waals surface area contributed by atoms with Crippen LogP contribution in [-0.2, 0) is 0 Å². The predicted molar refractivity (Wildman–Crippen MR) is 124 cm³/mol. The van der Waals surface area contributed by atoms with Crippen molar-refractivity contribution in [2.45, 2.75) is 66.9 Å². The van der Waals surface area contributed by atoms with Crippen molar-refractivity contribution in [1.82, 2.24) is 0 Å². The second kappa shape index (κ2) is 12.8. The Balaban J connectivity index is 2.01. The molecule has 2 rings (SSSR count). The highest BCUT2D eigenvalue weighted by Crippen LogP contribution is 2.60. The van der Waals surface area contributed by atoms with Crippen LogP contribution in [0.3, 0.4) is 0 Å². The molecule has 0 fully saturated rings. The Morgan fingerprint density at radius 2 is 1.19 bits per heavy atom. The summed E-state index contributed by atoms with van der Waals surface area (Å²) in [7, 11) is 0. The van der Waals surface area contributed by atoms with Crippen molar-refractivity contribution in [3.63, 3.8) is 0 Å². The van der Waals surface area contributed by atoms with Gasteiger partial charge in [-0.3, -0.25) is 0 Å². The van der Waals surface area contributed by atoms with Gasteiger partial charge in [-0.15, -0.1) is 11.8 Å². The van der Waals surface area contributed by atoms with Gasteiger partial charge in [-0.2, -0.15) is 57.1 Å². The van der Waals surface area contributed by atoms with Crippen LogP contribution in [0.4, 0.5) is 57.1 Å². The van der Waals surface area contributed by atoms with Crippen LogP contribution < -0.4 is 9.47 Å². The number of hydrogen-bond donors (Lipinski definition) is 0. The van der Waals surface area contributed by atoms with Crippen molar-refractivity contribution in [3.8, 4) is 11.5 Å². The Hall–Kier alpha value is -2.85. The minimum absolute atomic E-state index is 0.00295. The van der Waals surface area contributed by atoms with E-state index in [1.54, 1.807) is 0 Å². The molecule has 0 saturated carbocycles. The number of alkyl halides is 13. The van der Waals surface area contributed by atoms with E-state index in [2.05, 4.69) is 0 Å². The summed E-state index contributed by atoms with van der Waals surface area (Å²) >= 11 is 0.297. The van der Waals surface area contributed by atoms with E-state index in [4.69, 9.17) is 9.47 Å². The van der Waals surface area contributed by atoms with E-state index in [1.165, 1.54) is 24.3 Å². The third kappa shape index (κ3) is 7.19. The van der Waals surface area contributed by atoms with Crippen LogP contribution in [0.15, 0.2) is 53.4 Å². The van der Waals surface area contributed by atoms with Crippen LogP contribution in [0.1, 0.15) is 36.5 Å². The Morgan fingerprint density at radius 1 is 0.690 bits per heavy atom. The van der Waals surface area contributed by atoms with E-state index < -0.39 is 53.9 Å². The molecule has 0 aliphatic carbocycles. The minimum Gasteiger partial charge on any atom is -0.494 e. The lowest BCUT2D eigenvalue weighted by Gasteiger charge is -2.39. The number of unbranched alkanes of at least 4 members (excludes halogenated alkanes) is 1. The van der Waals surface area contributed by atoms with Gasteiger partial charge in [-0.05, 0) is 55.0 Å². The third-order valence-corrected chi connectivity index (χ3v) is 6.59. The molecule has 236 valence electrons. The van der Waals surface area contributed by atoms with E-state index in [0.717, 1.165) is 37.1 Å². The number of benzene rings is 2. The van der Waals surface area contributed by atoms with Gasteiger partial charge in [0.05, 0.1) is 12.2 Å². The van der Waals surface area contributed by atoms with Crippen molar-refractivity contribution >= 4 is 17.7 Å². The van der Waals surface area contributed by atoms with Gasteiger partial charge >= 0.3 is 41.8 Å². The topological polar surface area (TPSA) is 35.5 Å². The van der Waals surface area contributed by atoms with E-state index >= 15 is 0 Å². The van der Waals surface area contributed by atoms with Gasteiger partial charge in [0, 0.05) is 17.1 Å². The normalized spacial score (nSPS) is 13.7. The molecule has 0 bridgehead atoms. The molecule has 0 spiro atoms. The summed E-state index contributed by atoms with van der Waals surface area (Å²) < 4.78 is 182. The summed E-state index contributed by atoms with van der Waals surface area (Å²) in [5.74, 6) is -38.5. The molecule has 17 heteroatoms. The lowest BCUT2D eigenvalue weighted by molar-refractivity contribution is -0.439. The molecular formula is C25H21F13O3S. The van der Waals surface area contributed by atoms with E-state index in [1.807, 2.05) is 6.92 Å². The average Bonchev–Trinajstić information content (AvgIpc) is 2.89. The highest BCUT2D eigenvalue weighted by Gasteiger charge is 2.90. The highest BCUT2D eigenvalue weighted by molar-refractivity contribution is 7.99. The summed E-state index contributed by atoms with van der Waals surface area (Å²) in [4.78, 5) is 12.3. The first kappa shape index (κ1) is 35.3. The molecule has 0 aliphatic rings. The molecule has 0 radical (unpaired) electrons. The maximum absolute atomic E-state index is 13.9. The Labute approximate surface area is 234 Å². The molecule has 3 nitrogen and oxygen atoms in total. The number of thioether (sulfide) groups is 1. The first-order chi connectivity index (χ1) is 19.1. The highest BCUT2D eigenvalue weighted by atomic mass is 32.2. The maximum atomic E-state index is 13.9. The molecule has 0 N–H and O–H groups in total. The minimum atomic E-state index is -7.92. The monoisotopic (exact) mass is 648 g/mol. The van der Waals surface area contributed by atoms with Gasteiger partial charge in [0.25, 0.3) is 0 Å². The van der Waals surface area contributed by atoms with Crippen molar-refractivity contribution in [2.75, 3.05) is 12.4 Å². The summed E-state index contributed by atoms with van der Waals surface area (Å²) in [6.45, 7) is 2.46. The van der Waals surface area contributed by atoms with Crippen molar-refractivity contribution in [1.29, 1.82) is 0 Å². The van der Waals surface area contributed by atoms with E-state index in [0.29, 0.717) is 24.1 Å². The molecular weight excluding hydrogens is 627 g/mol. The Morgan fingerprint density at radius 3 is 1.69 bits per heavy atom. The average molecular weight is 648 g/mol. The summed E-state index contributed by atoms with van der Waals surface area (Å²) in [5.41, 5.74) is 0.134. The molecule has 0 aromatic heterocycles. The first-order valence-corrected chi connectivity index (χ1v) is 12.7. The zero-order valence-corrected chi connectivity index (χ0v) is 22.0. The Bertz CT molecular complexity index is 1180. The molecule has 42 heavy (non-hydrogen) atoms. The fourth-order valence-corrected chi connectivity index (χ4v) is 3.97. The van der Waals surface area contributed by atoms with E-state index in [9.17, 15) is 61.9 Å². The van der Waals surface area contributed by atoms with E-state index in [-0.39, 0.29) is 16.2 Å². The second-order valence-corrected chi connectivity index (χ2v) is 9.85. The molecule has 0 unspecified atom stereocenters. The molecule has 2 aromatic rings. The van der Waals surface area contributed by atoms with Crippen molar-refractivity contribution in [2.24, 2.45) is 0 Å². The second-order valence-electron chi connectivity index (χ2n) is 8.69. The number of carbonyl (C=O) groups excluding carboxylic acids is 1. The van der Waals surface area contributed by atoms with Crippen molar-refractivity contribution < 1.29 is 71.3 Å². The van der Waals surface area contributed by atoms with Crippen LogP contribution in [-0.4, -0.2) is 54.1 Å². The number of rotatable bonds is 14. The lowest BCUT2D eigenvalue weighted by atomic mass is 9.93. The molecule has 0 amide bonds. The summed E-state index contributed by atoms with van der Waals surface area (Å²) in [6, 6.07) is 10.4. The number of carbonyl (C=O) groups is 1. The summed E-state index contributed by atoms with van der Waals surface area (Å²) in [6.07, 6.45) is -8.02. The van der Waals surface area contributed by atoms with Crippen LogP contribution >= 0.6 is 11.8 Å². The summed E-state index contributed by atoms with van der Waals surface area (Å²) in [5, 5.41) is 0. The van der Waals surface area contributed by atoms with Crippen LogP contribution in [0.25, 0.3) is 0 Å². The van der Waals surface area contributed by atoms with Crippen LogP contribution in [0.5, 0.6) is 11.5 Å². The third-order valence-electron chi connectivity index (χ3n) is 5.57. The maximum Gasteiger partial charge on any atom is 0.460 e. The predicted octanol–water partition coefficient (Wildman–Crippen LogP) is 9.31. The van der Waals surface area contributed by atoms with Gasteiger partial charge in [0.1, 0.15) is 11.5 Å². The molecule has 2 aromatic carbocycles. The lowest BCUT2D eigenvalue weighted by Crippen LogP contribution is -2.70.